The van der Waals surface area contributed by atoms with E-state index in [-0.39, 0.29) is 16.9 Å². The number of nitrogens with one attached hydrogen (secondary N) is 2. The molecule has 2 aromatic carbocycles. The van der Waals surface area contributed by atoms with Gasteiger partial charge in [0.25, 0.3) is 11.5 Å². The van der Waals surface area contributed by atoms with E-state index in [1.165, 1.54) is 25.3 Å². The van der Waals surface area contributed by atoms with Gasteiger partial charge < -0.3 is 15.0 Å². The van der Waals surface area contributed by atoms with Gasteiger partial charge in [0.05, 0.1) is 7.11 Å². The lowest BCUT2D eigenvalue weighted by Gasteiger charge is -2.09. The minimum Gasteiger partial charge on any atom is -0.494 e. The Labute approximate surface area is 148 Å². The van der Waals surface area contributed by atoms with Crippen LogP contribution in [-0.4, -0.2) is 23.0 Å². The van der Waals surface area contributed by atoms with E-state index in [2.05, 4.69) is 15.3 Å². The Bertz CT molecular complexity index is 1030. The van der Waals surface area contributed by atoms with Crippen LogP contribution in [0.1, 0.15) is 16.1 Å². The number of nitrogens with zero attached hydrogens (tertiary/aromatic N) is 1. The second-order valence-electron chi connectivity index (χ2n) is 5.62. The van der Waals surface area contributed by atoms with Crippen LogP contribution in [0.4, 0.5) is 10.1 Å². The van der Waals surface area contributed by atoms with E-state index in [1.807, 2.05) is 0 Å². The summed E-state index contributed by atoms with van der Waals surface area (Å²) in [6.07, 6.45) is 0. The number of halogens is 1. The van der Waals surface area contributed by atoms with Crippen molar-refractivity contribution in [3.63, 3.8) is 0 Å². The van der Waals surface area contributed by atoms with Crippen LogP contribution in [0.3, 0.4) is 0 Å². The van der Waals surface area contributed by atoms with Gasteiger partial charge in [-0.3, -0.25) is 9.59 Å². The van der Waals surface area contributed by atoms with E-state index in [1.54, 1.807) is 31.2 Å². The predicted molar refractivity (Wildman–Crippen MR) is 95.9 cm³/mol. The van der Waals surface area contributed by atoms with Gasteiger partial charge in [-0.1, -0.05) is 12.1 Å². The molecule has 1 heterocycles. The number of anilines is 1. The van der Waals surface area contributed by atoms with Gasteiger partial charge in [0, 0.05) is 28.6 Å². The SMILES string of the molecule is COc1ccc(C(=O)Nc2cccc(-c3nc(C)cc(=O)[nH]3)c2)cc1F. The molecule has 0 saturated heterocycles. The van der Waals surface area contributed by atoms with Gasteiger partial charge in [-0.15, -0.1) is 0 Å². The number of aromatic nitrogens is 2. The van der Waals surface area contributed by atoms with Crippen molar-refractivity contribution in [2.24, 2.45) is 0 Å². The number of aryl methyl sites for hydroxylation is 1. The fraction of sp³-hybridized carbons (Fsp3) is 0.105. The summed E-state index contributed by atoms with van der Waals surface area (Å²) >= 11 is 0. The normalized spacial score (nSPS) is 10.4. The van der Waals surface area contributed by atoms with E-state index < -0.39 is 11.7 Å². The second-order valence-corrected chi connectivity index (χ2v) is 5.62. The Kier molecular flexibility index (Phi) is 4.79. The number of hydrogen-bond acceptors (Lipinski definition) is 4. The van der Waals surface area contributed by atoms with Crippen molar-refractivity contribution < 1.29 is 13.9 Å². The lowest BCUT2D eigenvalue weighted by Crippen LogP contribution is -2.12. The summed E-state index contributed by atoms with van der Waals surface area (Å²) in [5.74, 6) is -0.607. The molecule has 0 spiro atoms. The van der Waals surface area contributed by atoms with Crippen molar-refractivity contribution in [2.75, 3.05) is 12.4 Å². The molecular weight excluding hydrogens is 337 g/mol. The van der Waals surface area contributed by atoms with Crippen molar-refractivity contribution in [1.82, 2.24) is 9.97 Å². The zero-order valence-corrected chi connectivity index (χ0v) is 14.2. The zero-order valence-electron chi connectivity index (χ0n) is 14.2. The summed E-state index contributed by atoms with van der Waals surface area (Å²) in [7, 11) is 1.35. The summed E-state index contributed by atoms with van der Waals surface area (Å²) < 4.78 is 18.6. The zero-order chi connectivity index (χ0) is 18.7. The van der Waals surface area contributed by atoms with Gasteiger partial charge in [-0.05, 0) is 37.3 Å². The Balaban J connectivity index is 1.85. The number of benzene rings is 2. The highest BCUT2D eigenvalue weighted by atomic mass is 19.1. The molecule has 1 aromatic heterocycles. The van der Waals surface area contributed by atoms with Crippen molar-refractivity contribution in [3.05, 3.63) is 76.0 Å². The third kappa shape index (κ3) is 3.77. The minimum atomic E-state index is -0.615. The first-order valence-electron chi connectivity index (χ1n) is 7.79. The van der Waals surface area contributed by atoms with Gasteiger partial charge in [-0.2, -0.15) is 0 Å². The maximum Gasteiger partial charge on any atom is 0.255 e. The van der Waals surface area contributed by atoms with Crippen LogP contribution in [0, 0.1) is 12.7 Å². The average Bonchev–Trinajstić information content (AvgIpc) is 2.61. The lowest BCUT2D eigenvalue weighted by molar-refractivity contribution is 0.102. The predicted octanol–water partition coefficient (Wildman–Crippen LogP) is 3.15. The summed E-state index contributed by atoms with van der Waals surface area (Å²) in [5, 5.41) is 2.70. The molecule has 6 nitrogen and oxygen atoms in total. The number of amides is 1. The van der Waals surface area contributed by atoms with Crippen LogP contribution in [0.15, 0.2) is 53.3 Å². The summed E-state index contributed by atoms with van der Waals surface area (Å²) in [6.45, 7) is 1.72. The molecule has 3 aromatic rings. The van der Waals surface area contributed by atoms with E-state index in [9.17, 15) is 14.0 Å². The molecule has 0 aliphatic rings. The molecule has 0 bridgehead atoms. The first kappa shape index (κ1) is 17.3. The third-order valence-corrected chi connectivity index (χ3v) is 3.68. The fourth-order valence-electron chi connectivity index (χ4n) is 2.47. The largest absolute Gasteiger partial charge is 0.494 e. The maximum absolute atomic E-state index is 13.8. The van der Waals surface area contributed by atoms with Crippen LogP contribution in [0.5, 0.6) is 5.75 Å². The van der Waals surface area contributed by atoms with E-state index in [0.29, 0.717) is 22.8 Å². The molecule has 0 radical (unpaired) electrons. The number of aromatic amines is 1. The molecule has 132 valence electrons. The molecule has 0 aliphatic heterocycles. The van der Waals surface area contributed by atoms with Gasteiger partial charge in [0.2, 0.25) is 0 Å². The Morgan fingerprint density at radius 3 is 2.69 bits per heavy atom. The Morgan fingerprint density at radius 1 is 1.19 bits per heavy atom. The molecule has 2 N–H and O–H groups in total. The van der Waals surface area contributed by atoms with Crippen molar-refractivity contribution >= 4 is 11.6 Å². The molecule has 7 heteroatoms. The quantitative estimate of drug-likeness (QED) is 0.755. The molecule has 26 heavy (non-hydrogen) atoms. The summed E-state index contributed by atoms with van der Waals surface area (Å²) in [4.78, 5) is 30.9. The minimum absolute atomic E-state index is 0.0676. The smallest absolute Gasteiger partial charge is 0.255 e. The highest BCUT2D eigenvalue weighted by molar-refractivity contribution is 6.04. The highest BCUT2D eigenvalue weighted by Gasteiger charge is 2.11. The van der Waals surface area contributed by atoms with Crippen molar-refractivity contribution in [3.8, 4) is 17.1 Å². The van der Waals surface area contributed by atoms with E-state index in [4.69, 9.17) is 4.74 Å². The summed E-state index contributed by atoms with van der Waals surface area (Å²) in [5.41, 5.74) is 1.63. The molecule has 0 fully saturated rings. The summed E-state index contributed by atoms with van der Waals surface area (Å²) in [6, 6.07) is 12.2. The lowest BCUT2D eigenvalue weighted by atomic mass is 10.1. The molecule has 0 atom stereocenters. The standard InChI is InChI=1S/C19H16FN3O3/c1-11-8-17(24)23-18(21-11)12-4-3-5-14(9-12)22-19(25)13-6-7-16(26-2)15(20)10-13/h3-10H,1-2H3,(H,22,25)(H,21,23,24). The van der Waals surface area contributed by atoms with Crippen molar-refractivity contribution in [2.45, 2.75) is 6.92 Å². The Morgan fingerprint density at radius 2 is 2.00 bits per heavy atom. The monoisotopic (exact) mass is 353 g/mol. The number of carbonyl (C=O) groups is 1. The van der Waals surface area contributed by atoms with Crippen LogP contribution in [0.25, 0.3) is 11.4 Å². The van der Waals surface area contributed by atoms with E-state index >= 15 is 0 Å². The molecule has 0 saturated carbocycles. The average molecular weight is 353 g/mol. The number of rotatable bonds is 4. The van der Waals surface area contributed by atoms with Gasteiger partial charge in [0.15, 0.2) is 11.6 Å². The number of hydrogen-bond donors (Lipinski definition) is 2. The third-order valence-electron chi connectivity index (χ3n) is 3.68. The van der Waals surface area contributed by atoms with Crippen LogP contribution < -0.4 is 15.6 Å². The molecule has 0 unspecified atom stereocenters. The van der Waals surface area contributed by atoms with Gasteiger partial charge in [0.1, 0.15) is 5.82 Å². The van der Waals surface area contributed by atoms with Crippen LogP contribution in [-0.2, 0) is 0 Å². The second kappa shape index (κ2) is 7.18. The first-order valence-corrected chi connectivity index (χ1v) is 7.79. The van der Waals surface area contributed by atoms with Crippen LogP contribution in [0.2, 0.25) is 0 Å². The Hall–Kier alpha value is -3.48. The molecular formula is C19H16FN3O3. The highest BCUT2D eigenvalue weighted by Crippen LogP contribution is 2.21. The topological polar surface area (TPSA) is 84.1 Å². The van der Waals surface area contributed by atoms with E-state index in [0.717, 1.165) is 6.07 Å². The molecule has 0 aliphatic carbocycles. The van der Waals surface area contributed by atoms with Crippen molar-refractivity contribution in [1.29, 1.82) is 0 Å². The number of methoxy groups -OCH3 is 1. The number of H-pyrrole nitrogens is 1. The molecule has 1 amide bonds. The fourth-order valence-corrected chi connectivity index (χ4v) is 2.47. The van der Waals surface area contributed by atoms with Crippen LogP contribution >= 0.6 is 0 Å². The molecule has 3 rings (SSSR count). The first-order chi connectivity index (χ1) is 12.5. The maximum atomic E-state index is 13.8. The van der Waals surface area contributed by atoms with Gasteiger partial charge >= 0.3 is 0 Å². The number of ether oxygens (including phenoxy) is 1. The number of carbonyl (C=O) groups excluding carboxylic acids is 1. The van der Waals surface area contributed by atoms with Gasteiger partial charge in [-0.25, -0.2) is 9.37 Å².